The SMILES string of the molecule is Cn1cc(S(=O)(=O)N[C@H]2CCNC2)cn1. The van der Waals surface area contributed by atoms with E-state index in [9.17, 15) is 8.42 Å². The second-order valence-corrected chi connectivity index (χ2v) is 5.37. The second-order valence-electron chi connectivity index (χ2n) is 3.66. The first kappa shape index (κ1) is 10.6. The fourth-order valence-electron chi connectivity index (χ4n) is 1.58. The van der Waals surface area contributed by atoms with E-state index in [1.807, 2.05) is 0 Å². The number of nitrogens with zero attached hydrogens (tertiary/aromatic N) is 2. The zero-order chi connectivity index (χ0) is 10.9. The zero-order valence-corrected chi connectivity index (χ0v) is 9.29. The van der Waals surface area contributed by atoms with Gasteiger partial charge in [0.05, 0.1) is 6.20 Å². The van der Waals surface area contributed by atoms with Crippen molar-refractivity contribution in [1.29, 1.82) is 0 Å². The highest BCUT2D eigenvalue weighted by atomic mass is 32.2. The van der Waals surface area contributed by atoms with Gasteiger partial charge in [0.15, 0.2) is 0 Å². The van der Waals surface area contributed by atoms with Gasteiger partial charge in [-0.2, -0.15) is 5.10 Å². The summed E-state index contributed by atoms with van der Waals surface area (Å²) in [7, 11) is -1.71. The number of sulfonamides is 1. The molecule has 1 aromatic heterocycles. The maximum atomic E-state index is 11.8. The van der Waals surface area contributed by atoms with Crippen LogP contribution in [0, 0.1) is 0 Å². The van der Waals surface area contributed by atoms with Crippen molar-refractivity contribution >= 4 is 10.0 Å². The van der Waals surface area contributed by atoms with Gasteiger partial charge in [-0.3, -0.25) is 4.68 Å². The summed E-state index contributed by atoms with van der Waals surface area (Å²) in [5.74, 6) is 0. The number of aromatic nitrogens is 2. The number of hydrogen-bond donors (Lipinski definition) is 2. The van der Waals surface area contributed by atoms with Crippen LogP contribution in [0.5, 0.6) is 0 Å². The van der Waals surface area contributed by atoms with Crippen LogP contribution in [0.25, 0.3) is 0 Å². The quantitative estimate of drug-likeness (QED) is 0.702. The van der Waals surface area contributed by atoms with Crippen molar-refractivity contribution in [2.75, 3.05) is 13.1 Å². The molecule has 2 rings (SSSR count). The molecule has 0 aromatic carbocycles. The Hall–Kier alpha value is -0.920. The molecular weight excluding hydrogens is 216 g/mol. The lowest BCUT2D eigenvalue weighted by Gasteiger charge is -2.09. The summed E-state index contributed by atoms with van der Waals surface area (Å²) in [6.07, 6.45) is 3.68. The Morgan fingerprint density at radius 2 is 2.47 bits per heavy atom. The third-order valence-electron chi connectivity index (χ3n) is 2.37. The molecular formula is C8H14N4O2S. The van der Waals surface area contributed by atoms with Crippen molar-refractivity contribution in [3.8, 4) is 0 Å². The molecule has 1 aromatic rings. The minimum Gasteiger partial charge on any atom is -0.315 e. The Kier molecular flexibility index (Phi) is 2.76. The second kappa shape index (κ2) is 3.92. The maximum Gasteiger partial charge on any atom is 0.243 e. The highest BCUT2D eigenvalue weighted by Gasteiger charge is 2.23. The normalized spacial score (nSPS) is 22.1. The van der Waals surface area contributed by atoms with Crippen LogP contribution in [0.4, 0.5) is 0 Å². The molecule has 2 heterocycles. The molecule has 6 nitrogen and oxygen atoms in total. The molecule has 1 atom stereocenters. The van der Waals surface area contributed by atoms with E-state index in [1.165, 1.54) is 17.1 Å². The van der Waals surface area contributed by atoms with Crippen molar-refractivity contribution in [3.63, 3.8) is 0 Å². The monoisotopic (exact) mass is 230 g/mol. The van der Waals surface area contributed by atoms with Gasteiger partial charge in [0, 0.05) is 25.8 Å². The number of hydrogen-bond acceptors (Lipinski definition) is 4. The van der Waals surface area contributed by atoms with Crippen molar-refractivity contribution < 1.29 is 8.42 Å². The zero-order valence-electron chi connectivity index (χ0n) is 8.47. The minimum absolute atomic E-state index is 0.00444. The smallest absolute Gasteiger partial charge is 0.243 e. The first-order valence-corrected chi connectivity index (χ1v) is 6.28. The molecule has 7 heteroatoms. The summed E-state index contributed by atoms with van der Waals surface area (Å²) in [5, 5.41) is 6.94. The first-order valence-electron chi connectivity index (χ1n) is 4.79. The van der Waals surface area contributed by atoms with E-state index >= 15 is 0 Å². The Labute approximate surface area is 88.7 Å². The van der Waals surface area contributed by atoms with Crippen molar-refractivity contribution in [3.05, 3.63) is 12.4 Å². The van der Waals surface area contributed by atoms with Crippen LogP contribution in [-0.2, 0) is 17.1 Å². The molecule has 0 amide bonds. The Balaban J connectivity index is 2.12. The van der Waals surface area contributed by atoms with Crippen LogP contribution in [0.1, 0.15) is 6.42 Å². The Morgan fingerprint density at radius 1 is 1.67 bits per heavy atom. The molecule has 2 N–H and O–H groups in total. The maximum absolute atomic E-state index is 11.8. The van der Waals surface area contributed by atoms with Crippen LogP contribution in [0.3, 0.4) is 0 Å². The van der Waals surface area contributed by atoms with Gasteiger partial charge in [-0.05, 0) is 13.0 Å². The molecule has 0 unspecified atom stereocenters. The van der Waals surface area contributed by atoms with Gasteiger partial charge in [0.1, 0.15) is 4.90 Å². The fraction of sp³-hybridized carbons (Fsp3) is 0.625. The standard InChI is InChI=1S/C8H14N4O2S/c1-12-6-8(5-10-12)15(13,14)11-7-2-3-9-4-7/h5-7,9,11H,2-4H2,1H3/t7-/m0/s1. The molecule has 1 saturated heterocycles. The van der Waals surface area contributed by atoms with Crippen molar-refractivity contribution in [1.82, 2.24) is 19.8 Å². The summed E-state index contributed by atoms with van der Waals surface area (Å²) in [5.41, 5.74) is 0. The van der Waals surface area contributed by atoms with Gasteiger partial charge in [-0.25, -0.2) is 13.1 Å². The highest BCUT2D eigenvalue weighted by molar-refractivity contribution is 7.89. The minimum atomic E-state index is -3.40. The lowest BCUT2D eigenvalue weighted by atomic mass is 10.3. The van der Waals surface area contributed by atoms with Gasteiger partial charge < -0.3 is 5.32 Å². The van der Waals surface area contributed by atoms with E-state index < -0.39 is 10.0 Å². The average molecular weight is 230 g/mol. The van der Waals surface area contributed by atoms with E-state index in [-0.39, 0.29) is 10.9 Å². The van der Waals surface area contributed by atoms with Gasteiger partial charge >= 0.3 is 0 Å². The lowest BCUT2D eigenvalue weighted by molar-refractivity contribution is 0.560. The molecule has 15 heavy (non-hydrogen) atoms. The third-order valence-corrected chi connectivity index (χ3v) is 3.85. The number of aryl methyl sites for hydroxylation is 1. The molecule has 1 aliphatic rings. The van der Waals surface area contributed by atoms with Crippen molar-refractivity contribution in [2.24, 2.45) is 7.05 Å². The molecule has 84 valence electrons. The van der Waals surface area contributed by atoms with E-state index in [0.717, 1.165) is 13.0 Å². The molecule has 0 spiro atoms. The fourth-order valence-corrected chi connectivity index (χ4v) is 2.83. The predicted molar refractivity (Wildman–Crippen MR) is 54.8 cm³/mol. The van der Waals surface area contributed by atoms with Gasteiger partial charge in [0.25, 0.3) is 0 Å². The van der Waals surface area contributed by atoms with E-state index in [0.29, 0.717) is 6.54 Å². The van der Waals surface area contributed by atoms with E-state index in [1.54, 1.807) is 7.05 Å². The Bertz CT molecular complexity index is 433. The molecule has 1 aliphatic heterocycles. The Morgan fingerprint density at radius 3 is 3.00 bits per heavy atom. The number of nitrogens with one attached hydrogen (secondary N) is 2. The highest BCUT2D eigenvalue weighted by Crippen LogP contribution is 2.09. The van der Waals surface area contributed by atoms with Gasteiger partial charge in [-0.1, -0.05) is 0 Å². The van der Waals surface area contributed by atoms with Crippen LogP contribution in [0.2, 0.25) is 0 Å². The summed E-state index contributed by atoms with van der Waals surface area (Å²) in [6.45, 7) is 1.56. The van der Waals surface area contributed by atoms with Crippen LogP contribution >= 0.6 is 0 Å². The van der Waals surface area contributed by atoms with Gasteiger partial charge in [-0.15, -0.1) is 0 Å². The summed E-state index contributed by atoms with van der Waals surface area (Å²) in [6, 6.07) is -0.00444. The predicted octanol–water partition coefficient (Wildman–Crippen LogP) is -0.940. The van der Waals surface area contributed by atoms with Crippen LogP contribution in [-0.4, -0.2) is 37.3 Å². The average Bonchev–Trinajstić information content (AvgIpc) is 2.75. The largest absolute Gasteiger partial charge is 0.315 e. The first-order chi connectivity index (χ1) is 7.08. The third kappa shape index (κ3) is 2.36. The van der Waals surface area contributed by atoms with E-state index in [2.05, 4.69) is 15.1 Å². The van der Waals surface area contributed by atoms with Crippen LogP contribution < -0.4 is 10.0 Å². The summed E-state index contributed by atoms with van der Waals surface area (Å²) < 4.78 is 27.7. The van der Waals surface area contributed by atoms with Gasteiger partial charge in [0.2, 0.25) is 10.0 Å². The molecule has 1 fully saturated rings. The molecule has 0 bridgehead atoms. The van der Waals surface area contributed by atoms with E-state index in [4.69, 9.17) is 0 Å². The van der Waals surface area contributed by atoms with Crippen LogP contribution in [0.15, 0.2) is 17.3 Å². The number of rotatable bonds is 3. The molecule has 0 saturated carbocycles. The lowest BCUT2D eigenvalue weighted by Crippen LogP contribution is -2.36. The summed E-state index contributed by atoms with van der Waals surface area (Å²) in [4.78, 5) is 0.219. The topological polar surface area (TPSA) is 76.0 Å². The molecule has 0 radical (unpaired) electrons. The summed E-state index contributed by atoms with van der Waals surface area (Å²) >= 11 is 0. The van der Waals surface area contributed by atoms with Crippen molar-refractivity contribution in [2.45, 2.75) is 17.4 Å². The molecule has 0 aliphatic carbocycles.